The van der Waals surface area contributed by atoms with Crippen molar-refractivity contribution in [3.63, 3.8) is 0 Å². The second kappa shape index (κ2) is 5.79. The first-order valence-electron chi connectivity index (χ1n) is 5.71. The van der Waals surface area contributed by atoms with E-state index in [1.165, 1.54) is 43.5 Å². The molecule has 1 heterocycles. The largest absolute Gasteiger partial charge is 0.307 e. The highest BCUT2D eigenvalue weighted by Crippen LogP contribution is 2.14. The lowest BCUT2D eigenvalue weighted by Crippen LogP contribution is -2.15. The van der Waals surface area contributed by atoms with E-state index in [4.69, 9.17) is 11.6 Å². The number of pyridine rings is 1. The van der Waals surface area contributed by atoms with E-state index in [1.54, 1.807) is 0 Å². The summed E-state index contributed by atoms with van der Waals surface area (Å²) in [6.45, 7) is 1.52. The van der Waals surface area contributed by atoms with E-state index in [9.17, 15) is 14.0 Å². The van der Waals surface area contributed by atoms with Gasteiger partial charge in [0.05, 0.1) is 5.56 Å². The Morgan fingerprint density at radius 3 is 2.60 bits per heavy atom. The SMILES string of the molecule is Cc1c(F)cccc1C(=O)Nc1ccc(C(=O)Cl)cn1. The molecule has 2 aromatic rings. The van der Waals surface area contributed by atoms with Gasteiger partial charge >= 0.3 is 0 Å². The van der Waals surface area contributed by atoms with Crippen molar-refractivity contribution in [3.05, 3.63) is 59.0 Å². The Labute approximate surface area is 119 Å². The van der Waals surface area contributed by atoms with E-state index >= 15 is 0 Å². The molecule has 1 amide bonds. The van der Waals surface area contributed by atoms with Crippen molar-refractivity contribution in [2.75, 3.05) is 5.32 Å². The fourth-order valence-corrected chi connectivity index (χ4v) is 1.73. The standard InChI is InChI=1S/C14H10ClFN2O2/c1-8-10(3-2-4-11(8)16)14(20)18-12-6-5-9(7-17-12)13(15)19/h2-7H,1H3,(H,17,18,20). The molecule has 0 aliphatic heterocycles. The van der Waals surface area contributed by atoms with Gasteiger partial charge in [0.15, 0.2) is 0 Å². The lowest BCUT2D eigenvalue weighted by atomic mass is 10.1. The maximum Gasteiger partial charge on any atom is 0.257 e. The summed E-state index contributed by atoms with van der Waals surface area (Å²) in [6, 6.07) is 7.15. The first-order valence-corrected chi connectivity index (χ1v) is 6.09. The van der Waals surface area contributed by atoms with Gasteiger partial charge < -0.3 is 5.32 Å². The van der Waals surface area contributed by atoms with Gasteiger partial charge in [-0.25, -0.2) is 9.37 Å². The van der Waals surface area contributed by atoms with Gasteiger partial charge in [-0.05, 0) is 48.4 Å². The van der Waals surface area contributed by atoms with Gasteiger partial charge in [0.1, 0.15) is 11.6 Å². The maximum absolute atomic E-state index is 13.4. The van der Waals surface area contributed by atoms with Gasteiger partial charge in [0, 0.05) is 11.8 Å². The monoisotopic (exact) mass is 292 g/mol. The highest BCUT2D eigenvalue weighted by atomic mass is 35.5. The molecule has 0 saturated heterocycles. The molecule has 102 valence electrons. The van der Waals surface area contributed by atoms with Crippen LogP contribution in [0.25, 0.3) is 0 Å². The van der Waals surface area contributed by atoms with Crippen LogP contribution in [0.5, 0.6) is 0 Å². The molecular formula is C14H10ClFN2O2. The predicted octanol–water partition coefficient (Wildman–Crippen LogP) is 3.16. The molecule has 0 atom stereocenters. The normalized spacial score (nSPS) is 10.2. The van der Waals surface area contributed by atoms with Crippen molar-refractivity contribution >= 4 is 28.6 Å². The van der Waals surface area contributed by atoms with E-state index in [1.807, 2.05) is 0 Å². The highest BCUT2D eigenvalue weighted by Gasteiger charge is 2.12. The first-order chi connectivity index (χ1) is 9.49. The number of halogens is 2. The molecule has 0 unspecified atom stereocenters. The van der Waals surface area contributed by atoms with Gasteiger partial charge in [-0.15, -0.1) is 0 Å². The van der Waals surface area contributed by atoms with Crippen molar-refractivity contribution in [2.45, 2.75) is 6.92 Å². The van der Waals surface area contributed by atoms with E-state index in [-0.39, 0.29) is 22.5 Å². The minimum absolute atomic E-state index is 0.226. The molecule has 0 fully saturated rings. The maximum atomic E-state index is 13.4. The number of hydrogen-bond acceptors (Lipinski definition) is 3. The molecule has 1 aromatic carbocycles. The Bertz CT molecular complexity index is 671. The molecule has 1 N–H and O–H groups in total. The summed E-state index contributed by atoms with van der Waals surface area (Å²) >= 11 is 5.29. The van der Waals surface area contributed by atoms with Crippen LogP contribution in [0.3, 0.4) is 0 Å². The summed E-state index contributed by atoms with van der Waals surface area (Å²) in [4.78, 5) is 26.8. The van der Waals surface area contributed by atoms with E-state index < -0.39 is 17.0 Å². The molecule has 0 radical (unpaired) electrons. The first kappa shape index (κ1) is 14.1. The summed E-state index contributed by atoms with van der Waals surface area (Å²) in [7, 11) is 0. The van der Waals surface area contributed by atoms with Gasteiger partial charge in [-0.2, -0.15) is 0 Å². The van der Waals surface area contributed by atoms with Crippen LogP contribution in [-0.4, -0.2) is 16.1 Å². The highest BCUT2D eigenvalue weighted by molar-refractivity contribution is 6.67. The van der Waals surface area contributed by atoms with Gasteiger partial charge in [0.2, 0.25) is 0 Å². The summed E-state index contributed by atoms with van der Waals surface area (Å²) < 4.78 is 13.4. The number of carbonyl (C=O) groups is 2. The van der Waals surface area contributed by atoms with Crippen molar-refractivity contribution in [2.24, 2.45) is 0 Å². The summed E-state index contributed by atoms with van der Waals surface area (Å²) in [6.07, 6.45) is 1.25. The molecule has 0 bridgehead atoms. The fourth-order valence-electron chi connectivity index (χ4n) is 1.62. The van der Waals surface area contributed by atoms with Crippen molar-refractivity contribution < 1.29 is 14.0 Å². The third-order valence-electron chi connectivity index (χ3n) is 2.74. The zero-order valence-electron chi connectivity index (χ0n) is 10.5. The Hall–Kier alpha value is -2.27. The second-order valence-electron chi connectivity index (χ2n) is 4.07. The number of amides is 1. The van der Waals surface area contributed by atoms with E-state index in [0.29, 0.717) is 0 Å². The number of carbonyl (C=O) groups excluding carboxylic acids is 2. The third kappa shape index (κ3) is 3.00. The summed E-state index contributed by atoms with van der Waals surface area (Å²) in [5, 5.41) is 1.89. The molecular weight excluding hydrogens is 283 g/mol. The predicted molar refractivity (Wildman–Crippen MR) is 73.5 cm³/mol. The minimum Gasteiger partial charge on any atom is -0.307 e. The van der Waals surface area contributed by atoms with Crippen molar-refractivity contribution in [1.82, 2.24) is 4.98 Å². The quantitative estimate of drug-likeness (QED) is 0.884. The number of nitrogens with one attached hydrogen (secondary N) is 1. The second-order valence-corrected chi connectivity index (χ2v) is 4.42. The molecule has 0 aliphatic carbocycles. The Morgan fingerprint density at radius 2 is 2.00 bits per heavy atom. The average molecular weight is 293 g/mol. The van der Waals surface area contributed by atoms with Crippen molar-refractivity contribution in [3.8, 4) is 0 Å². The summed E-state index contributed by atoms with van der Waals surface area (Å²) in [5.74, 6) is -0.673. The Kier molecular flexibility index (Phi) is 4.10. The molecule has 0 spiro atoms. The number of benzene rings is 1. The van der Waals surface area contributed by atoms with Gasteiger partial charge in [0.25, 0.3) is 11.1 Å². The van der Waals surface area contributed by atoms with Crippen LogP contribution < -0.4 is 5.32 Å². The van der Waals surface area contributed by atoms with Crippen LogP contribution in [0.15, 0.2) is 36.5 Å². The van der Waals surface area contributed by atoms with Crippen LogP contribution in [0.2, 0.25) is 0 Å². The van der Waals surface area contributed by atoms with Crippen molar-refractivity contribution in [1.29, 1.82) is 0 Å². The number of nitrogens with zero attached hydrogens (tertiary/aromatic N) is 1. The topological polar surface area (TPSA) is 59.1 Å². The van der Waals surface area contributed by atoms with Crippen LogP contribution in [-0.2, 0) is 0 Å². The molecule has 4 nitrogen and oxygen atoms in total. The molecule has 0 saturated carbocycles. The zero-order chi connectivity index (χ0) is 14.7. The van der Waals surface area contributed by atoms with Crippen LogP contribution in [0.4, 0.5) is 10.2 Å². The lowest BCUT2D eigenvalue weighted by Gasteiger charge is -2.07. The molecule has 20 heavy (non-hydrogen) atoms. The van der Waals surface area contributed by atoms with E-state index in [0.717, 1.165) is 0 Å². The number of rotatable bonds is 3. The van der Waals surface area contributed by atoms with Crippen LogP contribution >= 0.6 is 11.6 Å². The van der Waals surface area contributed by atoms with E-state index in [2.05, 4.69) is 10.3 Å². The number of anilines is 1. The van der Waals surface area contributed by atoms with Gasteiger partial charge in [-0.3, -0.25) is 9.59 Å². The zero-order valence-corrected chi connectivity index (χ0v) is 11.2. The fraction of sp³-hybridized carbons (Fsp3) is 0.0714. The smallest absolute Gasteiger partial charge is 0.257 e. The van der Waals surface area contributed by atoms with Crippen LogP contribution in [0.1, 0.15) is 26.3 Å². The lowest BCUT2D eigenvalue weighted by molar-refractivity contribution is 0.102. The average Bonchev–Trinajstić information content (AvgIpc) is 2.42. The molecule has 2 rings (SSSR count). The number of aromatic nitrogens is 1. The third-order valence-corrected chi connectivity index (χ3v) is 2.96. The molecule has 0 aliphatic rings. The molecule has 6 heteroatoms. The molecule has 1 aromatic heterocycles. The van der Waals surface area contributed by atoms with Crippen LogP contribution in [0, 0.1) is 12.7 Å². The Balaban J connectivity index is 2.19. The Morgan fingerprint density at radius 1 is 1.25 bits per heavy atom. The minimum atomic E-state index is -0.628. The van der Waals surface area contributed by atoms with Gasteiger partial charge in [-0.1, -0.05) is 6.07 Å². The summed E-state index contributed by atoms with van der Waals surface area (Å²) in [5.41, 5.74) is 0.716. The number of hydrogen-bond donors (Lipinski definition) is 1.